The molecule has 8 heteroatoms. The molecule has 3 aliphatic heterocycles. The molecular formula is C23H23N3O5. The maximum absolute atomic E-state index is 13.1. The molecule has 2 aromatic carbocycles. The number of carbonyl (C=O) groups is 3. The molecule has 8 nitrogen and oxygen atoms in total. The van der Waals surface area contributed by atoms with E-state index in [-0.39, 0.29) is 23.8 Å². The van der Waals surface area contributed by atoms with Crippen molar-refractivity contribution < 1.29 is 23.9 Å². The molecule has 0 unspecified atom stereocenters. The number of piperidine rings is 1. The van der Waals surface area contributed by atoms with E-state index in [0.717, 1.165) is 34.9 Å². The van der Waals surface area contributed by atoms with E-state index in [9.17, 15) is 14.4 Å². The molecular weight excluding hydrogens is 398 g/mol. The summed E-state index contributed by atoms with van der Waals surface area (Å²) in [5, 5.41) is 3.49. The first-order valence-corrected chi connectivity index (χ1v) is 10.4. The number of benzene rings is 2. The Kier molecular flexibility index (Phi) is 4.77. The summed E-state index contributed by atoms with van der Waals surface area (Å²) in [5.74, 6) is 0.633. The summed E-state index contributed by atoms with van der Waals surface area (Å²) in [4.78, 5) is 40.3. The third kappa shape index (κ3) is 3.48. The summed E-state index contributed by atoms with van der Waals surface area (Å²) < 4.78 is 11.2. The Morgan fingerprint density at radius 3 is 2.61 bits per heavy atom. The second-order valence-electron chi connectivity index (χ2n) is 8.02. The normalized spacial score (nSPS) is 20.0. The number of carbonyl (C=O) groups excluding carboxylic acids is 3. The number of hydrogen-bond acceptors (Lipinski definition) is 6. The first-order valence-electron chi connectivity index (χ1n) is 10.4. The van der Waals surface area contributed by atoms with Gasteiger partial charge in [-0.25, -0.2) is 0 Å². The fraction of sp³-hybridized carbons (Fsp3) is 0.348. The minimum atomic E-state index is -0.369. The minimum absolute atomic E-state index is 0.101. The van der Waals surface area contributed by atoms with Gasteiger partial charge in [-0.3, -0.25) is 19.3 Å². The van der Waals surface area contributed by atoms with Gasteiger partial charge in [0.25, 0.3) is 17.7 Å². The summed E-state index contributed by atoms with van der Waals surface area (Å²) >= 11 is 0. The summed E-state index contributed by atoms with van der Waals surface area (Å²) in [6.45, 7) is 2.30. The average Bonchev–Trinajstić information content (AvgIpc) is 3.02. The molecule has 31 heavy (non-hydrogen) atoms. The summed E-state index contributed by atoms with van der Waals surface area (Å²) in [5.41, 5.74) is 1.99. The smallest absolute Gasteiger partial charge is 0.261 e. The van der Waals surface area contributed by atoms with Gasteiger partial charge >= 0.3 is 0 Å². The Balaban J connectivity index is 1.29. The zero-order chi connectivity index (χ0) is 21.5. The summed E-state index contributed by atoms with van der Waals surface area (Å²) in [6, 6.07) is 10.6. The highest BCUT2D eigenvalue weighted by Crippen LogP contribution is 2.33. The van der Waals surface area contributed by atoms with Crippen molar-refractivity contribution in [2.45, 2.75) is 18.9 Å². The molecule has 3 aliphatic rings. The largest absolute Gasteiger partial charge is 0.486 e. The average molecular weight is 421 g/mol. The van der Waals surface area contributed by atoms with Crippen LogP contribution in [-0.4, -0.2) is 66.9 Å². The molecule has 0 bridgehead atoms. The van der Waals surface area contributed by atoms with Crippen LogP contribution in [0.15, 0.2) is 36.4 Å². The van der Waals surface area contributed by atoms with E-state index < -0.39 is 0 Å². The number of ether oxygens (including phenoxy) is 2. The van der Waals surface area contributed by atoms with Crippen molar-refractivity contribution in [2.75, 3.05) is 38.7 Å². The Morgan fingerprint density at radius 1 is 1.00 bits per heavy atom. The number of nitrogens with zero attached hydrogens (tertiary/aromatic N) is 2. The van der Waals surface area contributed by atoms with E-state index in [2.05, 4.69) is 5.32 Å². The molecule has 5 rings (SSSR count). The maximum atomic E-state index is 13.1. The van der Waals surface area contributed by atoms with Gasteiger partial charge in [-0.15, -0.1) is 0 Å². The molecule has 0 radical (unpaired) electrons. The van der Waals surface area contributed by atoms with E-state index in [0.29, 0.717) is 43.0 Å². The van der Waals surface area contributed by atoms with Crippen LogP contribution in [0.3, 0.4) is 0 Å². The van der Waals surface area contributed by atoms with E-state index >= 15 is 0 Å². The number of rotatable bonds is 3. The second kappa shape index (κ2) is 7.61. The van der Waals surface area contributed by atoms with Crippen molar-refractivity contribution >= 4 is 23.4 Å². The lowest BCUT2D eigenvalue weighted by Crippen LogP contribution is -2.45. The number of fused-ring (bicyclic) bond motifs is 2. The lowest BCUT2D eigenvalue weighted by molar-refractivity contribution is 0.0691. The van der Waals surface area contributed by atoms with E-state index in [1.807, 2.05) is 18.2 Å². The van der Waals surface area contributed by atoms with Crippen LogP contribution < -0.4 is 14.8 Å². The molecule has 160 valence electrons. The monoisotopic (exact) mass is 421 g/mol. The number of anilines is 1. The second-order valence-corrected chi connectivity index (χ2v) is 8.02. The van der Waals surface area contributed by atoms with Gasteiger partial charge in [0.2, 0.25) is 0 Å². The zero-order valence-electron chi connectivity index (χ0n) is 17.2. The van der Waals surface area contributed by atoms with Crippen molar-refractivity contribution in [3.63, 3.8) is 0 Å². The number of nitrogens with one attached hydrogen (secondary N) is 1. The predicted molar refractivity (Wildman–Crippen MR) is 113 cm³/mol. The van der Waals surface area contributed by atoms with Gasteiger partial charge in [0.05, 0.1) is 11.1 Å². The number of hydrogen-bond donors (Lipinski definition) is 1. The predicted octanol–water partition coefficient (Wildman–Crippen LogP) is 2.40. The van der Waals surface area contributed by atoms with E-state index in [4.69, 9.17) is 9.47 Å². The Bertz CT molecular complexity index is 1080. The van der Waals surface area contributed by atoms with Crippen LogP contribution in [0.5, 0.6) is 11.5 Å². The highest BCUT2D eigenvalue weighted by Gasteiger charge is 2.34. The molecule has 1 saturated heterocycles. The maximum Gasteiger partial charge on any atom is 0.261 e. The highest BCUT2D eigenvalue weighted by atomic mass is 16.6. The van der Waals surface area contributed by atoms with Gasteiger partial charge in [-0.1, -0.05) is 0 Å². The van der Waals surface area contributed by atoms with Crippen LogP contribution in [0.4, 0.5) is 5.69 Å². The molecule has 3 amide bonds. The molecule has 3 heterocycles. The third-order valence-corrected chi connectivity index (χ3v) is 5.96. The number of amides is 3. The highest BCUT2D eigenvalue weighted by molar-refractivity contribution is 6.21. The summed E-state index contributed by atoms with van der Waals surface area (Å²) in [7, 11) is 1.45. The lowest BCUT2D eigenvalue weighted by atomic mass is 10.0. The van der Waals surface area contributed by atoms with Gasteiger partial charge in [-0.2, -0.15) is 0 Å². The van der Waals surface area contributed by atoms with Crippen LogP contribution in [0.2, 0.25) is 0 Å². The van der Waals surface area contributed by atoms with Crippen molar-refractivity contribution in [1.29, 1.82) is 0 Å². The SMILES string of the molecule is CN1C(=O)c2ccc(C(=O)N3CCC[C@H](Nc4ccc5c(c4)OCCO5)C3)cc2C1=O. The van der Waals surface area contributed by atoms with E-state index in [1.54, 1.807) is 23.1 Å². The quantitative estimate of drug-likeness (QED) is 0.766. The van der Waals surface area contributed by atoms with Gasteiger partial charge in [0.1, 0.15) is 13.2 Å². The van der Waals surface area contributed by atoms with Gasteiger partial charge in [0.15, 0.2) is 11.5 Å². The van der Waals surface area contributed by atoms with Crippen LogP contribution in [0.25, 0.3) is 0 Å². The van der Waals surface area contributed by atoms with Crippen molar-refractivity contribution in [1.82, 2.24) is 9.80 Å². The standard InChI is InChI=1S/C23H23N3O5/c1-25-22(28)17-6-4-14(11-18(17)23(25)29)21(27)26-8-2-3-16(13-26)24-15-5-7-19-20(12-15)31-10-9-30-19/h4-7,11-12,16,24H,2-3,8-10,13H2,1H3/t16-/m0/s1. The van der Waals surface area contributed by atoms with E-state index in [1.165, 1.54) is 7.05 Å². The number of imide groups is 1. The first kappa shape index (κ1) is 19.4. The van der Waals surface area contributed by atoms with Gasteiger partial charge in [0, 0.05) is 43.5 Å². The van der Waals surface area contributed by atoms with Crippen LogP contribution in [0, 0.1) is 0 Å². The van der Waals surface area contributed by atoms with Crippen molar-refractivity contribution in [2.24, 2.45) is 0 Å². The Hall–Kier alpha value is -3.55. The fourth-order valence-corrected chi connectivity index (χ4v) is 4.33. The molecule has 1 N–H and O–H groups in total. The number of likely N-dealkylation sites (tertiary alicyclic amines) is 1. The topological polar surface area (TPSA) is 88.2 Å². The van der Waals surface area contributed by atoms with Crippen LogP contribution in [0.1, 0.15) is 43.9 Å². The minimum Gasteiger partial charge on any atom is -0.486 e. The zero-order valence-corrected chi connectivity index (χ0v) is 17.2. The summed E-state index contributed by atoms with van der Waals surface area (Å²) in [6.07, 6.45) is 1.82. The molecule has 1 atom stereocenters. The lowest BCUT2D eigenvalue weighted by Gasteiger charge is -2.34. The molecule has 2 aromatic rings. The molecule has 0 aromatic heterocycles. The molecule has 0 aliphatic carbocycles. The molecule has 0 saturated carbocycles. The molecule has 0 spiro atoms. The van der Waals surface area contributed by atoms with Crippen molar-refractivity contribution in [3.05, 3.63) is 53.1 Å². The fourth-order valence-electron chi connectivity index (χ4n) is 4.33. The van der Waals surface area contributed by atoms with Crippen molar-refractivity contribution in [3.8, 4) is 11.5 Å². The van der Waals surface area contributed by atoms with Gasteiger partial charge in [-0.05, 0) is 43.2 Å². The van der Waals surface area contributed by atoms with Crippen LogP contribution in [-0.2, 0) is 0 Å². The Morgan fingerprint density at radius 2 is 1.77 bits per heavy atom. The van der Waals surface area contributed by atoms with Crippen LogP contribution >= 0.6 is 0 Å². The van der Waals surface area contributed by atoms with Gasteiger partial charge < -0.3 is 19.7 Å². The molecule has 1 fully saturated rings. The third-order valence-electron chi connectivity index (χ3n) is 5.96. The first-order chi connectivity index (χ1) is 15.0. The Labute approximate surface area is 179 Å².